The summed E-state index contributed by atoms with van der Waals surface area (Å²) in [5.41, 5.74) is -0.123. The lowest BCUT2D eigenvalue weighted by atomic mass is 9.76. The molecule has 0 aliphatic heterocycles. The minimum Gasteiger partial charge on any atom is -0.299 e. The second-order valence-corrected chi connectivity index (χ2v) is 4.95. The molecule has 1 rings (SSSR count). The lowest BCUT2D eigenvalue weighted by molar-refractivity contribution is -0.131. The maximum absolute atomic E-state index is 11.8. The molecule has 0 atom stereocenters. The van der Waals surface area contributed by atoms with Crippen molar-refractivity contribution in [3.63, 3.8) is 0 Å². The molecule has 0 aromatic carbocycles. The molecule has 1 saturated carbocycles. The van der Waals surface area contributed by atoms with Crippen LogP contribution < -0.4 is 0 Å². The van der Waals surface area contributed by atoms with Crippen molar-refractivity contribution < 1.29 is 4.79 Å². The summed E-state index contributed by atoms with van der Waals surface area (Å²) in [5, 5.41) is 0. The van der Waals surface area contributed by atoms with E-state index in [1.165, 1.54) is 19.3 Å². The average molecular weight is 184 g/mol. The van der Waals surface area contributed by atoms with Crippen LogP contribution in [0.1, 0.15) is 60.3 Å². The molecule has 78 valence electrons. The van der Waals surface area contributed by atoms with E-state index in [4.69, 9.17) is 0 Å². The van der Waals surface area contributed by atoms with Gasteiger partial charge in [0, 0.05) is 11.3 Å². The first-order valence-electron chi connectivity index (χ1n) is 5.06. The molecule has 1 nitrogen and oxygen atoms in total. The first-order chi connectivity index (χ1) is 5.52. The molecule has 0 amide bonds. The van der Waals surface area contributed by atoms with Crippen molar-refractivity contribution in [1.82, 2.24) is 0 Å². The third kappa shape index (κ3) is 3.50. The van der Waals surface area contributed by atoms with Gasteiger partial charge in [-0.1, -0.05) is 47.5 Å². The van der Waals surface area contributed by atoms with Crippen molar-refractivity contribution in [3.8, 4) is 0 Å². The fourth-order valence-electron chi connectivity index (χ4n) is 1.98. The Bertz CT molecular complexity index is 158. The van der Waals surface area contributed by atoms with E-state index in [-0.39, 0.29) is 12.8 Å². The third-order valence-corrected chi connectivity index (χ3v) is 2.72. The molecule has 1 aliphatic rings. The van der Waals surface area contributed by atoms with Gasteiger partial charge in [-0.2, -0.15) is 0 Å². The molecule has 0 N–H and O–H groups in total. The second kappa shape index (κ2) is 4.78. The number of Topliss-reactive ketones (excluding diaryl/α,β-unsaturated/α-hetero) is 1. The molecule has 1 aliphatic carbocycles. The smallest absolute Gasteiger partial charge is 0.141 e. The van der Waals surface area contributed by atoms with Crippen LogP contribution in [-0.4, -0.2) is 5.78 Å². The number of carbonyl (C=O) groups excluding carboxylic acids is 1. The zero-order valence-electron chi connectivity index (χ0n) is 8.52. The van der Waals surface area contributed by atoms with Gasteiger partial charge in [0.25, 0.3) is 0 Å². The Balaban J connectivity index is 0.00000144. The maximum Gasteiger partial charge on any atom is 0.141 e. The van der Waals surface area contributed by atoms with Gasteiger partial charge in [0.05, 0.1) is 0 Å². The van der Waals surface area contributed by atoms with Gasteiger partial charge >= 0.3 is 0 Å². The highest BCUT2D eigenvalue weighted by atomic mass is 16.1. The molecule has 0 aromatic heterocycles. The maximum atomic E-state index is 11.8. The minimum atomic E-state index is -0.123. The van der Waals surface area contributed by atoms with Crippen LogP contribution in [0.3, 0.4) is 0 Å². The summed E-state index contributed by atoms with van der Waals surface area (Å²) in [6, 6.07) is 0. The van der Waals surface area contributed by atoms with E-state index in [0.717, 1.165) is 12.8 Å². The Kier molecular flexibility index (Phi) is 4.66. The van der Waals surface area contributed by atoms with E-state index in [1.54, 1.807) is 0 Å². The minimum absolute atomic E-state index is 0. The third-order valence-electron chi connectivity index (χ3n) is 2.72. The normalized spacial score (nSPS) is 19.3. The standard InChI is InChI=1S/C11H20O.CH4/c1-11(2,3)10(12)9-7-5-4-6-8-9;/h9H,4-8H2,1-3H3;1H4. The highest BCUT2D eigenvalue weighted by Crippen LogP contribution is 2.30. The molecule has 0 unspecified atom stereocenters. The van der Waals surface area contributed by atoms with Crippen molar-refractivity contribution in [1.29, 1.82) is 0 Å². The summed E-state index contributed by atoms with van der Waals surface area (Å²) < 4.78 is 0. The lowest BCUT2D eigenvalue weighted by Crippen LogP contribution is -2.29. The van der Waals surface area contributed by atoms with Crippen LogP contribution in [0.5, 0.6) is 0 Å². The molecular weight excluding hydrogens is 160 g/mol. The van der Waals surface area contributed by atoms with Gasteiger partial charge in [-0.3, -0.25) is 4.79 Å². The van der Waals surface area contributed by atoms with Gasteiger partial charge in [-0.25, -0.2) is 0 Å². The Morgan fingerprint density at radius 2 is 1.54 bits per heavy atom. The fourth-order valence-corrected chi connectivity index (χ4v) is 1.98. The van der Waals surface area contributed by atoms with Crippen LogP contribution in [0, 0.1) is 11.3 Å². The van der Waals surface area contributed by atoms with Crippen LogP contribution in [-0.2, 0) is 4.79 Å². The second-order valence-electron chi connectivity index (χ2n) is 4.95. The zero-order chi connectivity index (χ0) is 9.19. The summed E-state index contributed by atoms with van der Waals surface area (Å²) in [7, 11) is 0. The van der Waals surface area contributed by atoms with Gasteiger partial charge in [0.2, 0.25) is 0 Å². The van der Waals surface area contributed by atoms with E-state index in [9.17, 15) is 4.79 Å². The fraction of sp³-hybridized carbons (Fsp3) is 0.917. The van der Waals surface area contributed by atoms with Gasteiger partial charge in [0.15, 0.2) is 0 Å². The number of carbonyl (C=O) groups is 1. The van der Waals surface area contributed by atoms with Crippen molar-refractivity contribution in [2.45, 2.75) is 60.3 Å². The average Bonchev–Trinajstić information content (AvgIpc) is 2.03. The number of ketones is 1. The van der Waals surface area contributed by atoms with Gasteiger partial charge in [-0.05, 0) is 12.8 Å². The van der Waals surface area contributed by atoms with E-state index in [1.807, 2.05) is 20.8 Å². The number of hydrogen-bond donors (Lipinski definition) is 0. The molecule has 0 bridgehead atoms. The van der Waals surface area contributed by atoms with E-state index >= 15 is 0 Å². The zero-order valence-corrected chi connectivity index (χ0v) is 8.52. The summed E-state index contributed by atoms with van der Waals surface area (Å²) >= 11 is 0. The summed E-state index contributed by atoms with van der Waals surface area (Å²) in [5.74, 6) is 0.848. The quantitative estimate of drug-likeness (QED) is 0.605. The molecule has 1 heteroatoms. The van der Waals surface area contributed by atoms with Crippen molar-refractivity contribution in [2.24, 2.45) is 11.3 Å². The Hall–Kier alpha value is -0.330. The molecular formula is C12H24O. The highest BCUT2D eigenvalue weighted by molar-refractivity contribution is 5.85. The lowest BCUT2D eigenvalue weighted by Gasteiger charge is -2.27. The Morgan fingerprint density at radius 1 is 1.08 bits per heavy atom. The van der Waals surface area contributed by atoms with Crippen LogP contribution >= 0.6 is 0 Å². The molecule has 0 spiro atoms. The van der Waals surface area contributed by atoms with E-state index < -0.39 is 0 Å². The molecule has 0 heterocycles. The van der Waals surface area contributed by atoms with E-state index in [2.05, 4.69) is 0 Å². The number of hydrogen-bond acceptors (Lipinski definition) is 1. The highest BCUT2D eigenvalue weighted by Gasteiger charge is 2.29. The van der Waals surface area contributed by atoms with Crippen LogP contribution in [0.15, 0.2) is 0 Å². The van der Waals surface area contributed by atoms with Crippen LogP contribution in [0.25, 0.3) is 0 Å². The van der Waals surface area contributed by atoms with Crippen molar-refractivity contribution >= 4 is 5.78 Å². The predicted molar refractivity (Wildman–Crippen MR) is 57.8 cm³/mol. The molecule has 0 aromatic rings. The molecule has 0 saturated heterocycles. The first kappa shape index (κ1) is 12.7. The van der Waals surface area contributed by atoms with Gasteiger partial charge in [-0.15, -0.1) is 0 Å². The molecule has 0 radical (unpaired) electrons. The SMILES string of the molecule is C.CC(C)(C)C(=O)C1CCCCC1. The predicted octanol–water partition coefficient (Wildman–Crippen LogP) is 3.82. The van der Waals surface area contributed by atoms with Crippen molar-refractivity contribution in [2.75, 3.05) is 0 Å². The number of rotatable bonds is 1. The molecule has 1 fully saturated rings. The van der Waals surface area contributed by atoms with E-state index in [0.29, 0.717) is 11.7 Å². The van der Waals surface area contributed by atoms with Crippen LogP contribution in [0.2, 0.25) is 0 Å². The first-order valence-corrected chi connectivity index (χ1v) is 5.06. The summed E-state index contributed by atoms with van der Waals surface area (Å²) in [6.45, 7) is 6.10. The monoisotopic (exact) mass is 184 g/mol. The van der Waals surface area contributed by atoms with Crippen LogP contribution in [0.4, 0.5) is 0 Å². The Morgan fingerprint density at radius 3 is 1.92 bits per heavy atom. The Labute approximate surface area is 82.9 Å². The topological polar surface area (TPSA) is 17.1 Å². The summed E-state index contributed by atoms with van der Waals surface area (Å²) in [6.07, 6.45) is 6.11. The van der Waals surface area contributed by atoms with Gasteiger partial charge < -0.3 is 0 Å². The van der Waals surface area contributed by atoms with Crippen molar-refractivity contribution in [3.05, 3.63) is 0 Å². The largest absolute Gasteiger partial charge is 0.299 e. The van der Waals surface area contributed by atoms with Gasteiger partial charge in [0.1, 0.15) is 5.78 Å². The molecule has 13 heavy (non-hydrogen) atoms. The summed E-state index contributed by atoms with van der Waals surface area (Å²) in [4.78, 5) is 11.8.